The average molecular weight is 347 g/mol. The van der Waals surface area contributed by atoms with Crippen LogP contribution in [-0.2, 0) is 9.36 Å². The number of carbonyl (C=O) groups is 1. The highest BCUT2D eigenvalue weighted by Gasteiger charge is 2.20. The van der Waals surface area contributed by atoms with Crippen LogP contribution in [0.2, 0.25) is 0 Å². The van der Waals surface area contributed by atoms with Crippen molar-refractivity contribution in [2.45, 2.75) is 90.1 Å². The molecular formula is C17H34NO4P. The second-order valence-corrected chi connectivity index (χ2v) is 8.93. The predicted octanol–water partition coefficient (Wildman–Crippen LogP) is 3.63. The van der Waals surface area contributed by atoms with Crippen LogP contribution in [-0.4, -0.2) is 33.8 Å². The van der Waals surface area contributed by atoms with Gasteiger partial charge in [-0.1, -0.05) is 52.4 Å². The molecule has 2 fully saturated rings. The Morgan fingerprint density at radius 2 is 1.35 bits per heavy atom. The number of Topliss-reactive ketones (excluding diaryl/α,β-unsaturated/α-hetero) is 1. The van der Waals surface area contributed by atoms with Crippen LogP contribution in [0.4, 0.5) is 0 Å². The summed E-state index contributed by atoms with van der Waals surface area (Å²) in [5, 5.41) is 3.86. The third kappa shape index (κ3) is 10.3. The lowest BCUT2D eigenvalue weighted by atomic mass is 9.91. The monoisotopic (exact) mass is 347 g/mol. The number of hydrogen-bond donors (Lipinski definition) is 3. The summed E-state index contributed by atoms with van der Waals surface area (Å²) in [5.74, 6) is -0.694. The zero-order valence-electron chi connectivity index (χ0n) is 14.7. The Bertz CT molecular complexity index is 366. The minimum absolute atomic E-state index is 0.298. The fraction of sp³-hybridized carbons (Fsp3) is 0.941. The van der Waals surface area contributed by atoms with Gasteiger partial charge in [-0.15, -0.1) is 0 Å². The lowest BCUT2D eigenvalue weighted by Gasteiger charge is -2.30. The topological polar surface area (TPSA) is 86.6 Å². The highest BCUT2D eigenvalue weighted by atomic mass is 31.2. The molecule has 0 saturated heterocycles. The van der Waals surface area contributed by atoms with Gasteiger partial charge in [0.2, 0.25) is 0 Å². The summed E-state index contributed by atoms with van der Waals surface area (Å²) < 4.78 is 10.2. The van der Waals surface area contributed by atoms with Gasteiger partial charge in [-0.3, -0.25) is 9.36 Å². The lowest BCUT2D eigenvalue weighted by molar-refractivity contribution is -0.119. The van der Waals surface area contributed by atoms with Crippen molar-refractivity contribution in [3.63, 3.8) is 0 Å². The van der Waals surface area contributed by atoms with Gasteiger partial charge in [0.25, 0.3) is 0 Å². The SMILES string of the molecule is C1CCC(NC2CCCCC2)CC1.CC(C)C(=O)CP(=O)(O)O. The van der Waals surface area contributed by atoms with Crippen molar-refractivity contribution >= 4 is 13.4 Å². The molecule has 0 spiro atoms. The Kier molecular flexibility index (Phi) is 9.60. The van der Waals surface area contributed by atoms with Gasteiger partial charge in [0.15, 0.2) is 0 Å². The largest absolute Gasteiger partial charge is 0.332 e. The fourth-order valence-corrected chi connectivity index (χ4v) is 4.03. The molecule has 23 heavy (non-hydrogen) atoms. The van der Waals surface area contributed by atoms with Crippen molar-refractivity contribution in [3.05, 3.63) is 0 Å². The maximum absolute atomic E-state index is 10.7. The van der Waals surface area contributed by atoms with Gasteiger partial charge in [0.1, 0.15) is 11.9 Å². The van der Waals surface area contributed by atoms with E-state index in [9.17, 15) is 9.36 Å². The average Bonchev–Trinajstić information content (AvgIpc) is 2.48. The number of ketones is 1. The molecule has 0 aromatic heterocycles. The second-order valence-electron chi connectivity index (χ2n) is 7.28. The van der Waals surface area contributed by atoms with E-state index in [4.69, 9.17) is 9.79 Å². The quantitative estimate of drug-likeness (QED) is 0.661. The molecule has 0 amide bonds. The van der Waals surface area contributed by atoms with E-state index in [1.807, 2.05) is 0 Å². The van der Waals surface area contributed by atoms with Gasteiger partial charge < -0.3 is 15.1 Å². The Hall–Kier alpha value is -0.220. The smallest absolute Gasteiger partial charge is 0.324 e. The van der Waals surface area contributed by atoms with Crippen molar-refractivity contribution in [1.82, 2.24) is 5.32 Å². The summed E-state index contributed by atoms with van der Waals surface area (Å²) in [6, 6.07) is 1.74. The Morgan fingerprint density at radius 3 is 1.61 bits per heavy atom. The van der Waals surface area contributed by atoms with Gasteiger partial charge in [-0.05, 0) is 25.7 Å². The first-order valence-electron chi connectivity index (χ1n) is 9.11. The predicted molar refractivity (Wildman–Crippen MR) is 93.6 cm³/mol. The van der Waals surface area contributed by atoms with E-state index < -0.39 is 19.5 Å². The molecule has 0 radical (unpaired) electrons. The Labute approximate surface area is 140 Å². The molecule has 2 rings (SSSR count). The molecule has 3 N–H and O–H groups in total. The summed E-state index contributed by atoms with van der Waals surface area (Å²) in [6.45, 7) is 3.22. The van der Waals surface area contributed by atoms with Crippen LogP contribution in [0.25, 0.3) is 0 Å². The molecule has 0 aromatic rings. The van der Waals surface area contributed by atoms with Crippen molar-refractivity contribution in [1.29, 1.82) is 0 Å². The summed E-state index contributed by atoms with van der Waals surface area (Å²) in [7, 11) is -4.13. The van der Waals surface area contributed by atoms with Crippen molar-refractivity contribution in [3.8, 4) is 0 Å². The summed E-state index contributed by atoms with van der Waals surface area (Å²) in [5.41, 5.74) is 0. The molecule has 2 aliphatic rings. The van der Waals surface area contributed by atoms with Crippen LogP contribution in [0.1, 0.15) is 78.1 Å². The minimum atomic E-state index is -4.13. The van der Waals surface area contributed by atoms with E-state index in [2.05, 4.69) is 5.32 Å². The normalized spacial score (nSPS) is 20.9. The number of rotatable bonds is 5. The van der Waals surface area contributed by atoms with E-state index in [1.165, 1.54) is 64.2 Å². The third-order valence-corrected chi connectivity index (χ3v) is 5.41. The maximum atomic E-state index is 10.7. The molecule has 0 heterocycles. The molecule has 2 aliphatic carbocycles. The van der Waals surface area contributed by atoms with E-state index in [1.54, 1.807) is 13.8 Å². The van der Waals surface area contributed by atoms with Crippen LogP contribution in [0.3, 0.4) is 0 Å². The molecule has 0 aromatic carbocycles. The summed E-state index contributed by atoms with van der Waals surface area (Å²) >= 11 is 0. The number of carbonyl (C=O) groups excluding carboxylic acids is 1. The van der Waals surface area contributed by atoms with Crippen molar-refractivity contribution < 1.29 is 19.1 Å². The summed E-state index contributed by atoms with van der Waals surface area (Å²) in [6.07, 6.45) is 13.9. The third-order valence-electron chi connectivity index (χ3n) is 4.69. The van der Waals surface area contributed by atoms with Gasteiger partial charge in [0.05, 0.1) is 0 Å². The molecule has 0 bridgehead atoms. The number of hydrogen-bond acceptors (Lipinski definition) is 3. The molecule has 0 atom stereocenters. The van der Waals surface area contributed by atoms with Crippen LogP contribution in [0.5, 0.6) is 0 Å². The minimum Gasteiger partial charge on any atom is -0.324 e. The van der Waals surface area contributed by atoms with Gasteiger partial charge in [-0.2, -0.15) is 0 Å². The first-order valence-corrected chi connectivity index (χ1v) is 10.9. The van der Waals surface area contributed by atoms with Gasteiger partial charge >= 0.3 is 7.60 Å². The van der Waals surface area contributed by atoms with Crippen LogP contribution in [0, 0.1) is 5.92 Å². The van der Waals surface area contributed by atoms with Crippen molar-refractivity contribution in [2.24, 2.45) is 5.92 Å². The standard InChI is InChI=1S/C12H23N.C5H11O4P/c1-3-7-11(8-4-1)13-12-9-5-2-6-10-12;1-4(2)5(6)3-10(7,8)9/h11-13H,1-10H2;4H,3H2,1-2H3,(H2,7,8,9). The van der Waals surface area contributed by atoms with E-state index in [-0.39, 0.29) is 5.92 Å². The lowest BCUT2D eigenvalue weighted by Crippen LogP contribution is -2.40. The fourth-order valence-electron chi connectivity index (χ4n) is 3.26. The van der Waals surface area contributed by atoms with Crippen LogP contribution in [0.15, 0.2) is 0 Å². The highest BCUT2D eigenvalue weighted by Crippen LogP contribution is 2.34. The summed E-state index contributed by atoms with van der Waals surface area (Å²) in [4.78, 5) is 27.3. The van der Waals surface area contributed by atoms with Gasteiger partial charge in [-0.25, -0.2) is 0 Å². The Balaban J connectivity index is 0.000000241. The van der Waals surface area contributed by atoms with E-state index in [0.717, 1.165) is 12.1 Å². The molecule has 0 aliphatic heterocycles. The first kappa shape index (κ1) is 20.8. The molecule has 5 nitrogen and oxygen atoms in total. The molecule has 2 saturated carbocycles. The molecule has 136 valence electrons. The van der Waals surface area contributed by atoms with Crippen LogP contribution < -0.4 is 5.32 Å². The van der Waals surface area contributed by atoms with Crippen LogP contribution >= 0.6 is 7.60 Å². The van der Waals surface area contributed by atoms with Crippen molar-refractivity contribution in [2.75, 3.05) is 6.16 Å². The highest BCUT2D eigenvalue weighted by molar-refractivity contribution is 7.52. The zero-order chi connectivity index (χ0) is 17.3. The molecule has 6 heteroatoms. The number of nitrogens with one attached hydrogen (secondary N) is 1. The maximum Gasteiger partial charge on any atom is 0.332 e. The first-order chi connectivity index (χ1) is 10.8. The zero-order valence-corrected chi connectivity index (χ0v) is 15.6. The van der Waals surface area contributed by atoms with Gasteiger partial charge in [0, 0.05) is 18.0 Å². The molecule has 0 unspecified atom stereocenters. The Morgan fingerprint density at radius 1 is 0.957 bits per heavy atom. The van der Waals surface area contributed by atoms with E-state index >= 15 is 0 Å². The van der Waals surface area contributed by atoms with E-state index in [0.29, 0.717) is 0 Å². The second kappa shape index (κ2) is 10.6. The molecular weight excluding hydrogens is 313 g/mol.